The Balaban J connectivity index is 2.39. The zero-order valence-corrected chi connectivity index (χ0v) is 9.89. The summed E-state index contributed by atoms with van der Waals surface area (Å²) in [4.78, 5) is 38.0. The Hall–Kier alpha value is -2.76. The third-order valence-electron chi connectivity index (χ3n) is 3.02. The molecule has 0 radical (unpaired) electrons. The number of ketones is 2. The van der Waals surface area contributed by atoms with Gasteiger partial charge in [-0.25, -0.2) is 0 Å². The standard InChI is InChI=1S/C13H8N2O4/c1-6-4-8-11(15(19)5-6)13(18)10-7(12(8)17)2-3-9(16)14-10/h2-5H,1H3,(H,14,16). The summed E-state index contributed by atoms with van der Waals surface area (Å²) in [6.07, 6.45) is 1.22. The zero-order valence-electron chi connectivity index (χ0n) is 9.89. The molecule has 1 aliphatic carbocycles. The molecule has 19 heavy (non-hydrogen) atoms. The number of fused-ring (bicyclic) bond motifs is 2. The van der Waals surface area contributed by atoms with Gasteiger partial charge >= 0.3 is 0 Å². The number of hydrogen-bond donors (Lipinski definition) is 1. The molecule has 0 atom stereocenters. The number of H-pyrrole nitrogens is 1. The fourth-order valence-corrected chi connectivity index (χ4v) is 2.20. The quantitative estimate of drug-likeness (QED) is 0.455. The van der Waals surface area contributed by atoms with E-state index in [1.54, 1.807) is 6.92 Å². The second-order valence-corrected chi connectivity index (χ2v) is 4.38. The number of carbonyl (C=O) groups is 2. The predicted molar refractivity (Wildman–Crippen MR) is 64.1 cm³/mol. The molecule has 0 amide bonds. The molecule has 6 heteroatoms. The second-order valence-electron chi connectivity index (χ2n) is 4.38. The lowest BCUT2D eigenvalue weighted by molar-refractivity contribution is -0.608. The van der Waals surface area contributed by atoms with E-state index in [1.807, 2.05) is 0 Å². The van der Waals surface area contributed by atoms with Gasteiger partial charge in [0.05, 0.1) is 5.56 Å². The van der Waals surface area contributed by atoms with E-state index in [-0.39, 0.29) is 22.5 Å². The van der Waals surface area contributed by atoms with E-state index < -0.39 is 17.1 Å². The number of pyridine rings is 2. The van der Waals surface area contributed by atoms with Gasteiger partial charge in [0.2, 0.25) is 11.3 Å². The van der Waals surface area contributed by atoms with Crippen molar-refractivity contribution in [3.05, 3.63) is 68.0 Å². The highest BCUT2D eigenvalue weighted by molar-refractivity contribution is 6.26. The Labute approximate surface area is 106 Å². The Morgan fingerprint density at radius 1 is 1.11 bits per heavy atom. The average molecular weight is 256 g/mol. The Morgan fingerprint density at radius 3 is 2.58 bits per heavy atom. The maximum Gasteiger partial charge on any atom is 0.277 e. The number of carbonyl (C=O) groups excluding carboxylic acids is 2. The van der Waals surface area contributed by atoms with E-state index in [2.05, 4.69) is 4.98 Å². The van der Waals surface area contributed by atoms with Crippen molar-refractivity contribution in [3.63, 3.8) is 0 Å². The van der Waals surface area contributed by atoms with Crippen molar-refractivity contribution in [1.29, 1.82) is 0 Å². The molecule has 0 bridgehead atoms. The van der Waals surface area contributed by atoms with Crippen molar-refractivity contribution in [3.8, 4) is 0 Å². The van der Waals surface area contributed by atoms with E-state index in [9.17, 15) is 19.6 Å². The fourth-order valence-electron chi connectivity index (χ4n) is 2.20. The van der Waals surface area contributed by atoms with Gasteiger partial charge in [0.1, 0.15) is 11.3 Å². The van der Waals surface area contributed by atoms with Crippen LogP contribution >= 0.6 is 0 Å². The molecule has 0 unspecified atom stereocenters. The smallest absolute Gasteiger partial charge is 0.277 e. The molecule has 0 aromatic carbocycles. The zero-order chi connectivity index (χ0) is 13.7. The van der Waals surface area contributed by atoms with Crippen LogP contribution in [-0.2, 0) is 0 Å². The monoisotopic (exact) mass is 256 g/mol. The minimum absolute atomic E-state index is 0.0690. The van der Waals surface area contributed by atoms with Gasteiger partial charge in [-0.15, -0.1) is 0 Å². The highest BCUT2D eigenvalue weighted by atomic mass is 16.5. The molecule has 3 rings (SSSR count). The van der Waals surface area contributed by atoms with Crippen molar-refractivity contribution in [1.82, 2.24) is 4.98 Å². The Morgan fingerprint density at radius 2 is 1.84 bits per heavy atom. The molecule has 0 aliphatic heterocycles. The summed E-state index contributed by atoms with van der Waals surface area (Å²) in [5.74, 6) is -1.08. The summed E-state index contributed by atoms with van der Waals surface area (Å²) in [6.45, 7) is 1.66. The number of nitrogens with zero attached hydrogens (tertiary/aromatic N) is 1. The van der Waals surface area contributed by atoms with Gasteiger partial charge in [-0.3, -0.25) is 14.4 Å². The van der Waals surface area contributed by atoms with Crippen molar-refractivity contribution in [2.45, 2.75) is 6.92 Å². The molecule has 0 saturated heterocycles. The molecule has 2 aromatic rings. The number of nitrogens with one attached hydrogen (secondary N) is 1. The van der Waals surface area contributed by atoms with Gasteiger partial charge in [-0.1, -0.05) is 0 Å². The number of hydrogen-bond acceptors (Lipinski definition) is 4. The van der Waals surface area contributed by atoms with Gasteiger partial charge in [-0.05, 0) is 19.1 Å². The van der Waals surface area contributed by atoms with E-state index in [4.69, 9.17) is 0 Å². The van der Waals surface area contributed by atoms with Crippen LogP contribution in [0.4, 0.5) is 0 Å². The van der Waals surface area contributed by atoms with Crippen molar-refractivity contribution >= 4 is 11.6 Å². The maximum atomic E-state index is 12.2. The molecule has 1 N–H and O–H groups in total. The van der Waals surface area contributed by atoms with Crippen molar-refractivity contribution in [2.24, 2.45) is 0 Å². The fraction of sp³-hybridized carbons (Fsp3) is 0.0769. The topological polar surface area (TPSA) is 93.9 Å². The van der Waals surface area contributed by atoms with Crippen LogP contribution < -0.4 is 10.3 Å². The maximum absolute atomic E-state index is 12.2. The number of rotatable bonds is 0. The molecule has 6 nitrogen and oxygen atoms in total. The van der Waals surface area contributed by atoms with Crippen molar-refractivity contribution < 1.29 is 14.3 Å². The molecule has 0 fully saturated rings. The highest BCUT2D eigenvalue weighted by Crippen LogP contribution is 2.23. The average Bonchev–Trinajstić information content (AvgIpc) is 2.35. The van der Waals surface area contributed by atoms with E-state index in [0.29, 0.717) is 10.3 Å². The summed E-state index contributed by atoms with van der Waals surface area (Å²) < 4.78 is 0.374. The lowest BCUT2D eigenvalue weighted by atomic mass is 9.90. The summed E-state index contributed by atoms with van der Waals surface area (Å²) in [5, 5.41) is 11.8. The van der Waals surface area contributed by atoms with Crippen LogP contribution in [0.15, 0.2) is 29.2 Å². The number of aryl methyl sites for hydroxylation is 1. The molecule has 0 saturated carbocycles. The lowest BCUT2D eigenvalue weighted by Crippen LogP contribution is -2.41. The predicted octanol–water partition coefficient (Wildman–Crippen LogP) is 0.0921. The summed E-state index contributed by atoms with van der Waals surface area (Å²) in [7, 11) is 0. The minimum atomic E-state index is -0.641. The molecule has 94 valence electrons. The first-order chi connectivity index (χ1) is 8.99. The van der Waals surface area contributed by atoms with Gasteiger partial charge in [0.25, 0.3) is 11.5 Å². The Bertz CT molecular complexity index is 805. The van der Waals surface area contributed by atoms with Crippen LogP contribution in [0, 0.1) is 12.1 Å². The van der Waals surface area contributed by atoms with Crippen LogP contribution in [0.2, 0.25) is 0 Å². The normalized spacial score (nSPS) is 13.1. The number of aromatic amines is 1. The van der Waals surface area contributed by atoms with Gasteiger partial charge in [0.15, 0.2) is 6.20 Å². The summed E-state index contributed by atoms with van der Waals surface area (Å²) in [5.41, 5.74) is -0.0960. The van der Waals surface area contributed by atoms with Crippen LogP contribution in [0.25, 0.3) is 0 Å². The SMILES string of the molecule is Cc1cc2c([n+]([O-])c1)C(=O)c1[nH]c(=O)ccc1C2=O. The van der Waals surface area contributed by atoms with Gasteiger partial charge < -0.3 is 10.2 Å². The van der Waals surface area contributed by atoms with E-state index >= 15 is 0 Å². The van der Waals surface area contributed by atoms with Crippen molar-refractivity contribution in [2.75, 3.05) is 0 Å². The molecular formula is C13H8N2O4. The van der Waals surface area contributed by atoms with Crippen LogP contribution in [0.3, 0.4) is 0 Å². The second kappa shape index (κ2) is 3.61. The first-order valence-corrected chi connectivity index (χ1v) is 5.55. The minimum Gasteiger partial charge on any atom is -0.618 e. The van der Waals surface area contributed by atoms with Gasteiger partial charge in [0, 0.05) is 11.6 Å². The number of aromatic nitrogens is 2. The molecule has 1 aliphatic rings. The van der Waals surface area contributed by atoms with E-state index in [1.165, 1.54) is 24.4 Å². The van der Waals surface area contributed by atoms with Gasteiger partial charge in [-0.2, -0.15) is 4.73 Å². The Kier molecular flexibility index (Phi) is 2.16. The highest BCUT2D eigenvalue weighted by Gasteiger charge is 2.37. The summed E-state index contributed by atoms with van der Waals surface area (Å²) in [6, 6.07) is 3.98. The third-order valence-corrected chi connectivity index (χ3v) is 3.02. The first kappa shape index (κ1) is 11.3. The van der Waals surface area contributed by atoms with Crippen LogP contribution in [0.5, 0.6) is 0 Å². The molecule has 2 aromatic heterocycles. The van der Waals surface area contributed by atoms with Crippen LogP contribution in [0.1, 0.15) is 37.7 Å². The third kappa shape index (κ3) is 1.50. The van der Waals surface area contributed by atoms with E-state index in [0.717, 1.165) is 0 Å². The molecular weight excluding hydrogens is 248 g/mol. The molecule has 0 spiro atoms. The summed E-state index contributed by atoms with van der Waals surface area (Å²) >= 11 is 0. The van der Waals surface area contributed by atoms with Crippen LogP contribution in [-0.4, -0.2) is 16.6 Å². The lowest BCUT2D eigenvalue weighted by Gasteiger charge is -2.16. The largest absolute Gasteiger partial charge is 0.618 e. The first-order valence-electron chi connectivity index (χ1n) is 5.55. The molecule has 2 heterocycles.